The number of hydrogen-bond donors (Lipinski definition) is 1. The van der Waals surface area contributed by atoms with Gasteiger partial charge < -0.3 is 5.73 Å². The van der Waals surface area contributed by atoms with E-state index in [-0.39, 0.29) is 5.66 Å². The first kappa shape index (κ1) is 11.2. The molecule has 2 heteroatoms. The second-order valence-corrected chi connectivity index (χ2v) is 3.93. The fourth-order valence-corrected chi connectivity index (χ4v) is 1.73. The monoisotopic (exact) mass is 192 g/mol. The molecule has 0 amide bonds. The van der Waals surface area contributed by atoms with Crippen LogP contribution in [-0.2, 0) is 5.66 Å². The van der Waals surface area contributed by atoms with Crippen molar-refractivity contribution in [2.75, 3.05) is 14.1 Å². The molecule has 0 aliphatic carbocycles. The van der Waals surface area contributed by atoms with Gasteiger partial charge in [-0.3, -0.25) is 4.90 Å². The summed E-state index contributed by atoms with van der Waals surface area (Å²) in [6.07, 6.45) is 2.06. The summed E-state index contributed by atoms with van der Waals surface area (Å²) in [5.74, 6) is 0. The van der Waals surface area contributed by atoms with E-state index >= 15 is 0 Å². The lowest BCUT2D eigenvalue weighted by molar-refractivity contribution is 0.144. The molecule has 0 aliphatic heterocycles. The van der Waals surface area contributed by atoms with Crippen LogP contribution in [0.3, 0.4) is 0 Å². The molecule has 2 nitrogen and oxygen atoms in total. The lowest BCUT2D eigenvalue weighted by Gasteiger charge is -2.36. The van der Waals surface area contributed by atoms with Gasteiger partial charge in [-0.2, -0.15) is 0 Å². The van der Waals surface area contributed by atoms with Crippen LogP contribution in [0.2, 0.25) is 0 Å². The van der Waals surface area contributed by atoms with Crippen molar-refractivity contribution >= 4 is 0 Å². The molecule has 1 aromatic rings. The fraction of sp³-hybridized carbons (Fsp3) is 0.500. The smallest absolute Gasteiger partial charge is 0.0944 e. The van der Waals surface area contributed by atoms with E-state index in [2.05, 4.69) is 24.0 Å². The van der Waals surface area contributed by atoms with E-state index in [1.807, 2.05) is 32.3 Å². The van der Waals surface area contributed by atoms with Crippen LogP contribution < -0.4 is 5.73 Å². The first-order chi connectivity index (χ1) is 6.61. The molecular formula is C12H20N2. The molecule has 78 valence electrons. The van der Waals surface area contributed by atoms with Gasteiger partial charge >= 0.3 is 0 Å². The third-order valence-corrected chi connectivity index (χ3v) is 2.70. The van der Waals surface area contributed by atoms with Crippen molar-refractivity contribution in [3.63, 3.8) is 0 Å². The highest BCUT2D eigenvalue weighted by Gasteiger charge is 2.28. The van der Waals surface area contributed by atoms with E-state index in [0.717, 1.165) is 12.8 Å². The van der Waals surface area contributed by atoms with Crippen LogP contribution in [0.4, 0.5) is 0 Å². The highest BCUT2D eigenvalue weighted by molar-refractivity contribution is 5.22. The Bertz CT molecular complexity index is 269. The van der Waals surface area contributed by atoms with Gasteiger partial charge in [0.25, 0.3) is 0 Å². The fourth-order valence-electron chi connectivity index (χ4n) is 1.73. The Balaban J connectivity index is 2.99. The van der Waals surface area contributed by atoms with Gasteiger partial charge in [0.05, 0.1) is 5.66 Å². The second kappa shape index (κ2) is 4.58. The minimum Gasteiger partial charge on any atom is -0.309 e. The highest BCUT2D eigenvalue weighted by atomic mass is 15.2. The molecular weight excluding hydrogens is 172 g/mol. The number of hydrogen-bond acceptors (Lipinski definition) is 2. The Kier molecular flexibility index (Phi) is 3.67. The molecule has 2 N–H and O–H groups in total. The molecule has 0 fully saturated rings. The van der Waals surface area contributed by atoms with E-state index in [1.54, 1.807) is 0 Å². The van der Waals surface area contributed by atoms with E-state index < -0.39 is 0 Å². The first-order valence-electron chi connectivity index (χ1n) is 5.13. The Morgan fingerprint density at radius 1 is 1.21 bits per heavy atom. The van der Waals surface area contributed by atoms with Crippen LogP contribution in [0.1, 0.15) is 25.3 Å². The van der Waals surface area contributed by atoms with Gasteiger partial charge in [0.2, 0.25) is 0 Å². The largest absolute Gasteiger partial charge is 0.309 e. The van der Waals surface area contributed by atoms with Crippen molar-refractivity contribution < 1.29 is 0 Å². The summed E-state index contributed by atoms with van der Waals surface area (Å²) in [7, 11) is 4.06. The predicted octanol–water partition coefficient (Wildman–Crippen LogP) is 2.16. The Morgan fingerprint density at radius 3 is 2.21 bits per heavy atom. The van der Waals surface area contributed by atoms with Crippen LogP contribution in [0, 0.1) is 0 Å². The maximum Gasteiger partial charge on any atom is 0.0944 e. The number of nitrogens with two attached hydrogens (primary N) is 1. The minimum absolute atomic E-state index is 0.323. The van der Waals surface area contributed by atoms with E-state index in [1.165, 1.54) is 5.56 Å². The molecule has 0 aliphatic rings. The van der Waals surface area contributed by atoms with Gasteiger partial charge in [-0.25, -0.2) is 0 Å². The molecule has 0 spiro atoms. The summed E-state index contributed by atoms with van der Waals surface area (Å²) >= 11 is 0. The molecule has 14 heavy (non-hydrogen) atoms. The summed E-state index contributed by atoms with van der Waals surface area (Å²) in [5.41, 5.74) is 7.26. The molecule has 0 heterocycles. The molecule has 1 aromatic carbocycles. The zero-order chi connectivity index (χ0) is 10.6. The highest BCUT2D eigenvalue weighted by Crippen LogP contribution is 2.25. The topological polar surface area (TPSA) is 29.3 Å². The van der Waals surface area contributed by atoms with Gasteiger partial charge in [0.1, 0.15) is 0 Å². The standard InChI is InChI=1S/C12H20N2/c1-4-10-12(13,14(2)3)11-8-6-5-7-9-11/h5-9H,4,10,13H2,1-3H3. The molecule has 1 unspecified atom stereocenters. The SMILES string of the molecule is CCCC(N)(c1ccccc1)N(C)C. The average molecular weight is 192 g/mol. The summed E-state index contributed by atoms with van der Waals surface area (Å²) < 4.78 is 0. The molecule has 0 aromatic heterocycles. The van der Waals surface area contributed by atoms with Crippen LogP contribution >= 0.6 is 0 Å². The zero-order valence-electron chi connectivity index (χ0n) is 9.33. The Labute approximate surface area is 86.7 Å². The molecule has 1 atom stereocenters. The summed E-state index contributed by atoms with van der Waals surface area (Å²) in [4.78, 5) is 2.09. The molecule has 0 radical (unpaired) electrons. The van der Waals surface area contributed by atoms with Crippen molar-refractivity contribution in [3.8, 4) is 0 Å². The summed E-state index contributed by atoms with van der Waals surface area (Å²) in [5, 5.41) is 0. The van der Waals surface area contributed by atoms with Crippen molar-refractivity contribution in [2.24, 2.45) is 5.73 Å². The van der Waals surface area contributed by atoms with Crippen LogP contribution in [0.5, 0.6) is 0 Å². The quantitative estimate of drug-likeness (QED) is 0.741. The number of nitrogens with zero attached hydrogens (tertiary/aromatic N) is 1. The van der Waals surface area contributed by atoms with Gasteiger partial charge in [0, 0.05) is 0 Å². The lowest BCUT2D eigenvalue weighted by atomic mass is 9.94. The molecule has 0 saturated heterocycles. The molecule has 1 rings (SSSR count). The lowest BCUT2D eigenvalue weighted by Crippen LogP contribution is -2.49. The van der Waals surface area contributed by atoms with Crippen molar-refractivity contribution in [1.29, 1.82) is 0 Å². The number of rotatable bonds is 4. The predicted molar refractivity (Wildman–Crippen MR) is 60.9 cm³/mol. The van der Waals surface area contributed by atoms with Gasteiger partial charge in [-0.15, -0.1) is 0 Å². The van der Waals surface area contributed by atoms with Crippen molar-refractivity contribution in [3.05, 3.63) is 35.9 Å². The summed E-state index contributed by atoms with van der Waals surface area (Å²) in [6.45, 7) is 2.16. The average Bonchev–Trinajstić information content (AvgIpc) is 2.19. The van der Waals surface area contributed by atoms with E-state index in [9.17, 15) is 0 Å². The van der Waals surface area contributed by atoms with Gasteiger partial charge in [0.15, 0.2) is 0 Å². The van der Waals surface area contributed by atoms with E-state index in [4.69, 9.17) is 5.73 Å². The van der Waals surface area contributed by atoms with Crippen LogP contribution in [0.25, 0.3) is 0 Å². The Morgan fingerprint density at radius 2 is 1.79 bits per heavy atom. The summed E-state index contributed by atoms with van der Waals surface area (Å²) in [6, 6.07) is 10.3. The minimum atomic E-state index is -0.323. The van der Waals surface area contributed by atoms with Gasteiger partial charge in [-0.05, 0) is 26.1 Å². The zero-order valence-corrected chi connectivity index (χ0v) is 9.33. The third-order valence-electron chi connectivity index (χ3n) is 2.70. The molecule has 0 bridgehead atoms. The maximum atomic E-state index is 6.40. The first-order valence-corrected chi connectivity index (χ1v) is 5.13. The van der Waals surface area contributed by atoms with Crippen LogP contribution in [-0.4, -0.2) is 19.0 Å². The maximum absolute atomic E-state index is 6.40. The Hall–Kier alpha value is -0.860. The third kappa shape index (κ3) is 2.14. The number of benzene rings is 1. The molecule has 0 saturated carbocycles. The van der Waals surface area contributed by atoms with Crippen molar-refractivity contribution in [1.82, 2.24) is 4.90 Å². The van der Waals surface area contributed by atoms with Crippen molar-refractivity contribution in [2.45, 2.75) is 25.4 Å². The normalized spacial score (nSPS) is 15.5. The van der Waals surface area contributed by atoms with E-state index in [0.29, 0.717) is 0 Å². The van der Waals surface area contributed by atoms with Crippen LogP contribution in [0.15, 0.2) is 30.3 Å². The van der Waals surface area contributed by atoms with Gasteiger partial charge in [-0.1, -0.05) is 43.7 Å². The second-order valence-electron chi connectivity index (χ2n) is 3.93.